The molecule has 2 aliphatic heterocycles. The SMILES string of the molecule is CCOC(=O)C1CC2CN2C1C(=O)OC(C)(C)C. The Morgan fingerprint density at radius 1 is 1.28 bits per heavy atom. The summed E-state index contributed by atoms with van der Waals surface area (Å²) in [6.45, 7) is 8.51. The third-order valence-corrected chi connectivity index (χ3v) is 3.26. The molecule has 5 heteroatoms. The van der Waals surface area contributed by atoms with Crippen LogP contribution in [0.1, 0.15) is 34.1 Å². The lowest BCUT2D eigenvalue weighted by molar-refractivity contribution is -0.165. The van der Waals surface area contributed by atoms with Crippen molar-refractivity contribution in [1.29, 1.82) is 0 Å². The summed E-state index contributed by atoms with van der Waals surface area (Å²) in [6, 6.07) is -0.0924. The molecule has 0 N–H and O–H groups in total. The van der Waals surface area contributed by atoms with Gasteiger partial charge in [0.2, 0.25) is 0 Å². The van der Waals surface area contributed by atoms with Gasteiger partial charge in [-0.05, 0) is 34.1 Å². The number of hydrogen-bond acceptors (Lipinski definition) is 5. The van der Waals surface area contributed by atoms with Crippen LogP contribution >= 0.6 is 0 Å². The predicted octanol–water partition coefficient (Wildman–Crippen LogP) is 0.964. The van der Waals surface area contributed by atoms with Crippen molar-refractivity contribution >= 4 is 11.9 Å². The number of nitrogens with zero attached hydrogens (tertiary/aromatic N) is 1. The third-order valence-electron chi connectivity index (χ3n) is 3.26. The first-order valence-electron chi connectivity index (χ1n) is 6.48. The highest BCUT2D eigenvalue weighted by molar-refractivity contribution is 5.86. The minimum absolute atomic E-state index is 0.277. The summed E-state index contributed by atoms with van der Waals surface area (Å²) in [5.74, 6) is -0.945. The maximum Gasteiger partial charge on any atom is 0.324 e. The normalized spacial score (nSPS) is 33.8. The molecule has 2 rings (SSSR count). The molecule has 2 heterocycles. The molecule has 0 aromatic carbocycles. The number of fused-ring (bicyclic) bond motifs is 1. The van der Waals surface area contributed by atoms with Crippen molar-refractivity contribution in [3.8, 4) is 0 Å². The molecule has 0 aromatic rings. The molecule has 0 aliphatic carbocycles. The van der Waals surface area contributed by atoms with E-state index in [9.17, 15) is 9.59 Å². The van der Waals surface area contributed by atoms with Crippen LogP contribution in [0.3, 0.4) is 0 Å². The average molecular weight is 255 g/mol. The van der Waals surface area contributed by atoms with Crippen LogP contribution in [-0.2, 0) is 19.1 Å². The molecule has 18 heavy (non-hydrogen) atoms. The van der Waals surface area contributed by atoms with Crippen molar-refractivity contribution in [3.05, 3.63) is 0 Å². The van der Waals surface area contributed by atoms with Crippen molar-refractivity contribution in [1.82, 2.24) is 4.90 Å². The number of esters is 2. The topological polar surface area (TPSA) is 55.6 Å². The van der Waals surface area contributed by atoms with E-state index in [4.69, 9.17) is 9.47 Å². The molecule has 2 aliphatic rings. The first kappa shape index (κ1) is 13.3. The number of rotatable bonds is 3. The van der Waals surface area contributed by atoms with Crippen LogP contribution in [0.25, 0.3) is 0 Å². The standard InChI is InChI=1S/C13H21NO4/c1-5-17-11(15)9-6-8-7-14(8)10(9)12(16)18-13(2,3)4/h8-10H,5-7H2,1-4H3. The summed E-state index contributed by atoms with van der Waals surface area (Å²) in [7, 11) is 0. The van der Waals surface area contributed by atoms with Crippen LogP contribution in [0.4, 0.5) is 0 Å². The second kappa shape index (κ2) is 4.53. The van der Waals surface area contributed by atoms with E-state index >= 15 is 0 Å². The van der Waals surface area contributed by atoms with Crippen molar-refractivity contribution in [3.63, 3.8) is 0 Å². The maximum atomic E-state index is 12.1. The van der Waals surface area contributed by atoms with Crippen molar-refractivity contribution in [2.75, 3.05) is 13.2 Å². The Hall–Kier alpha value is -1.10. The molecular formula is C13H21NO4. The number of hydrogen-bond donors (Lipinski definition) is 0. The number of ether oxygens (including phenoxy) is 2. The fourth-order valence-electron chi connectivity index (χ4n) is 2.54. The Morgan fingerprint density at radius 2 is 1.94 bits per heavy atom. The highest BCUT2D eigenvalue weighted by Gasteiger charge is 2.58. The van der Waals surface area contributed by atoms with Crippen LogP contribution < -0.4 is 0 Å². The quantitative estimate of drug-likeness (QED) is 0.555. The molecule has 0 spiro atoms. The van der Waals surface area contributed by atoms with Gasteiger partial charge in [-0.15, -0.1) is 0 Å². The lowest BCUT2D eigenvalue weighted by atomic mass is 9.97. The Morgan fingerprint density at radius 3 is 2.50 bits per heavy atom. The van der Waals surface area contributed by atoms with Gasteiger partial charge in [0.05, 0.1) is 12.5 Å². The molecule has 102 valence electrons. The number of carbonyl (C=O) groups is 2. The van der Waals surface area contributed by atoms with Crippen molar-refractivity contribution in [2.24, 2.45) is 5.92 Å². The van der Waals surface area contributed by atoms with Gasteiger partial charge in [0.25, 0.3) is 0 Å². The van der Waals surface area contributed by atoms with Gasteiger partial charge >= 0.3 is 11.9 Å². The van der Waals surface area contributed by atoms with Gasteiger partial charge in [0, 0.05) is 12.6 Å². The average Bonchev–Trinajstić information content (AvgIpc) is 2.86. The molecule has 4 unspecified atom stereocenters. The molecule has 0 saturated carbocycles. The smallest absolute Gasteiger partial charge is 0.324 e. The zero-order valence-electron chi connectivity index (χ0n) is 11.4. The summed E-state index contributed by atoms with van der Waals surface area (Å²) >= 11 is 0. The zero-order valence-corrected chi connectivity index (χ0v) is 11.4. The molecule has 0 radical (unpaired) electrons. The van der Waals surface area contributed by atoms with Crippen LogP contribution in [-0.4, -0.2) is 47.7 Å². The Labute approximate surface area is 107 Å². The van der Waals surface area contributed by atoms with Gasteiger partial charge in [-0.25, -0.2) is 0 Å². The van der Waals surface area contributed by atoms with Crippen molar-refractivity contribution < 1.29 is 19.1 Å². The van der Waals surface area contributed by atoms with E-state index in [1.807, 2.05) is 25.7 Å². The largest absolute Gasteiger partial charge is 0.466 e. The minimum Gasteiger partial charge on any atom is -0.466 e. The van der Waals surface area contributed by atoms with Gasteiger partial charge in [-0.2, -0.15) is 0 Å². The van der Waals surface area contributed by atoms with Gasteiger partial charge in [0.15, 0.2) is 0 Å². The van der Waals surface area contributed by atoms with Crippen molar-refractivity contribution in [2.45, 2.75) is 51.8 Å². The van der Waals surface area contributed by atoms with E-state index in [0.29, 0.717) is 19.1 Å². The fourth-order valence-corrected chi connectivity index (χ4v) is 2.54. The number of carbonyl (C=O) groups excluding carboxylic acids is 2. The molecule has 0 bridgehead atoms. The molecule has 0 aromatic heterocycles. The highest BCUT2D eigenvalue weighted by Crippen LogP contribution is 2.41. The predicted molar refractivity (Wildman–Crippen MR) is 64.9 cm³/mol. The Bertz CT molecular complexity index is 360. The summed E-state index contributed by atoms with van der Waals surface area (Å²) in [5.41, 5.74) is -0.523. The number of piperidine rings is 1. The van der Waals surface area contributed by atoms with E-state index < -0.39 is 11.6 Å². The van der Waals surface area contributed by atoms with E-state index in [1.54, 1.807) is 6.92 Å². The lowest BCUT2D eigenvalue weighted by Crippen LogP contribution is -2.42. The van der Waals surface area contributed by atoms with E-state index in [-0.39, 0.29) is 17.9 Å². The first-order valence-corrected chi connectivity index (χ1v) is 6.48. The van der Waals surface area contributed by atoms with Gasteiger partial charge < -0.3 is 9.47 Å². The van der Waals surface area contributed by atoms with E-state index in [2.05, 4.69) is 0 Å². The Balaban J connectivity index is 2.04. The van der Waals surface area contributed by atoms with Crippen LogP contribution in [0, 0.1) is 5.92 Å². The summed E-state index contributed by atoms with van der Waals surface area (Å²) in [4.78, 5) is 26.0. The van der Waals surface area contributed by atoms with Gasteiger partial charge in [-0.1, -0.05) is 0 Å². The highest BCUT2D eigenvalue weighted by atomic mass is 16.6. The van der Waals surface area contributed by atoms with Crippen LogP contribution in [0.15, 0.2) is 0 Å². The Kier molecular flexibility index (Phi) is 3.36. The minimum atomic E-state index is -0.523. The molecule has 2 fully saturated rings. The second-order valence-electron chi connectivity index (χ2n) is 5.92. The van der Waals surface area contributed by atoms with Gasteiger partial charge in [0.1, 0.15) is 11.6 Å². The lowest BCUT2D eigenvalue weighted by Gasteiger charge is -2.25. The first-order chi connectivity index (χ1) is 8.33. The van der Waals surface area contributed by atoms with E-state index in [0.717, 1.165) is 6.54 Å². The van der Waals surface area contributed by atoms with E-state index in [1.165, 1.54) is 0 Å². The molecule has 4 atom stereocenters. The monoisotopic (exact) mass is 255 g/mol. The summed E-state index contributed by atoms with van der Waals surface area (Å²) in [6.07, 6.45) is 0.711. The fraction of sp³-hybridized carbons (Fsp3) is 0.846. The summed E-state index contributed by atoms with van der Waals surface area (Å²) < 4.78 is 10.4. The molecule has 5 nitrogen and oxygen atoms in total. The maximum absolute atomic E-state index is 12.1. The third kappa shape index (κ3) is 2.66. The second-order valence-corrected chi connectivity index (χ2v) is 5.92. The molecular weight excluding hydrogens is 234 g/mol. The van der Waals surface area contributed by atoms with Crippen LogP contribution in [0.2, 0.25) is 0 Å². The zero-order chi connectivity index (χ0) is 13.5. The molecule has 2 saturated heterocycles. The summed E-state index contributed by atoms with van der Waals surface area (Å²) in [5, 5.41) is 0. The van der Waals surface area contributed by atoms with Crippen LogP contribution in [0.5, 0.6) is 0 Å². The van der Waals surface area contributed by atoms with Gasteiger partial charge in [-0.3, -0.25) is 14.5 Å². The molecule has 0 amide bonds.